The number of aldehydes is 1. The Kier molecular flexibility index (Phi) is 2.95. The van der Waals surface area contributed by atoms with E-state index in [-0.39, 0.29) is 0 Å². The van der Waals surface area contributed by atoms with Crippen LogP contribution in [0, 0.1) is 0 Å². The molecule has 3 aromatic rings. The van der Waals surface area contributed by atoms with Crippen LogP contribution in [0.1, 0.15) is 20.8 Å². The molecule has 0 amide bonds. The summed E-state index contributed by atoms with van der Waals surface area (Å²) in [6.45, 7) is 0. The number of thiophene rings is 1. The Morgan fingerprint density at radius 1 is 0.944 bits per heavy atom. The monoisotopic (exact) mass is 252 g/mol. The fraction of sp³-hybridized carbons (Fsp3) is 0.0625. The Morgan fingerprint density at radius 3 is 2.44 bits per heavy atom. The van der Waals surface area contributed by atoms with E-state index in [1.54, 1.807) is 11.3 Å². The van der Waals surface area contributed by atoms with Crippen LogP contribution in [0.4, 0.5) is 0 Å². The zero-order chi connectivity index (χ0) is 12.4. The minimum Gasteiger partial charge on any atom is -0.298 e. The molecule has 0 unspecified atom stereocenters. The predicted octanol–water partition coefficient (Wildman–Crippen LogP) is 4.30. The molecule has 3 rings (SSSR count). The highest BCUT2D eigenvalue weighted by atomic mass is 32.1. The van der Waals surface area contributed by atoms with Crippen LogP contribution in [-0.4, -0.2) is 6.29 Å². The van der Waals surface area contributed by atoms with Crippen molar-refractivity contribution in [3.8, 4) is 0 Å². The second-order valence-electron chi connectivity index (χ2n) is 4.22. The first-order chi connectivity index (χ1) is 8.88. The summed E-state index contributed by atoms with van der Waals surface area (Å²) in [6, 6.07) is 18.3. The van der Waals surface area contributed by atoms with Gasteiger partial charge in [0.1, 0.15) is 0 Å². The molecule has 0 N–H and O–H groups in total. The van der Waals surface area contributed by atoms with Gasteiger partial charge in [0.25, 0.3) is 0 Å². The minimum absolute atomic E-state index is 0.828. The lowest BCUT2D eigenvalue weighted by molar-refractivity contribution is 0.112. The fourth-order valence-electron chi connectivity index (χ4n) is 2.16. The average Bonchev–Trinajstić information content (AvgIpc) is 2.77. The maximum absolute atomic E-state index is 11.3. The van der Waals surface area contributed by atoms with Crippen molar-refractivity contribution < 1.29 is 4.79 Å². The number of benzene rings is 2. The Hall–Kier alpha value is -1.93. The van der Waals surface area contributed by atoms with Crippen molar-refractivity contribution in [1.82, 2.24) is 0 Å². The van der Waals surface area contributed by atoms with E-state index < -0.39 is 0 Å². The summed E-state index contributed by atoms with van der Waals surface area (Å²) in [4.78, 5) is 12.4. The van der Waals surface area contributed by atoms with E-state index in [0.717, 1.165) is 28.5 Å². The van der Waals surface area contributed by atoms with Gasteiger partial charge in [-0.1, -0.05) is 48.5 Å². The van der Waals surface area contributed by atoms with Gasteiger partial charge in [0, 0.05) is 26.9 Å². The summed E-state index contributed by atoms with van der Waals surface area (Å²) >= 11 is 1.71. The summed E-state index contributed by atoms with van der Waals surface area (Å²) < 4.78 is 1.19. The van der Waals surface area contributed by atoms with E-state index in [0.29, 0.717) is 0 Å². The molecule has 0 aliphatic rings. The van der Waals surface area contributed by atoms with Gasteiger partial charge in [-0.25, -0.2) is 0 Å². The van der Waals surface area contributed by atoms with Gasteiger partial charge in [0.05, 0.1) is 0 Å². The zero-order valence-corrected chi connectivity index (χ0v) is 10.6. The Labute approximate surface area is 110 Å². The van der Waals surface area contributed by atoms with Crippen molar-refractivity contribution in [2.24, 2.45) is 0 Å². The van der Waals surface area contributed by atoms with Crippen molar-refractivity contribution in [2.75, 3.05) is 0 Å². The first-order valence-corrected chi connectivity index (χ1v) is 6.69. The van der Waals surface area contributed by atoms with E-state index in [9.17, 15) is 4.79 Å². The maximum Gasteiger partial charge on any atom is 0.151 e. The molecule has 2 heteroatoms. The number of hydrogen-bond acceptors (Lipinski definition) is 2. The van der Waals surface area contributed by atoms with Crippen molar-refractivity contribution in [1.29, 1.82) is 0 Å². The third kappa shape index (κ3) is 1.95. The molecule has 88 valence electrons. The summed E-state index contributed by atoms with van der Waals surface area (Å²) in [5.74, 6) is 0. The summed E-state index contributed by atoms with van der Waals surface area (Å²) in [7, 11) is 0. The number of carbonyl (C=O) groups is 1. The van der Waals surface area contributed by atoms with Crippen LogP contribution < -0.4 is 0 Å². The Morgan fingerprint density at radius 2 is 1.67 bits per heavy atom. The number of rotatable bonds is 3. The standard InChI is InChI=1S/C16H12OS/c17-11-14-13-8-4-5-9-15(13)18-16(14)10-12-6-2-1-3-7-12/h1-9,11H,10H2. The molecular formula is C16H12OS. The Balaban J connectivity index is 2.09. The van der Waals surface area contributed by atoms with Crippen LogP contribution in [0.3, 0.4) is 0 Å². The molecule has 0 bridgehead atoms. The largest absolute Gasteiger partial charge is 0.298 e. The van der Waals surface area contributed by atoms with E-state index in [4.69, 9.17) is 0 Å². The quantitative estimate of drug-likeness (QED) is 0.635. The van der Waals surface area contributed by atoms with E-state index >= 15 is 0 Å². The normalized spacial score (nSPS) is 10.7. The molecule has 2 aromatic carbocycles. The molecular weight excluding hydrogens is 240 g/mol. The lowest BCUT2D eigenvalue weighted by Gasteiger charge is -1.99. The van der Waals surface area contributed by atoms with Crippen molar-refractivity contribution >= 4 is 27.7 Å². The van der Waals surface area contributed by atoms with Gasteiger partial charge >= 0.3 is 0 Å². The molecule has 0 saturated heterocycles. The third-order valence-electron chi connectivity index (χ3n) is 3.04. The van der Waals surface area contributed by atoms with Gasteiger partial charge in [-0.3, -0.25) is 4.79 Å². The molecule has 1 aromatic heterocycles. The SMILES string of the molecule is O=Cc1c(Cc2ccccc2)sc2ccccc12. The summed E-state index contributed by atoms with van der Waals surface area (Å²) in [5.41, 5.74) is 2.09. The zero-order valence-electron chi connectivity index (χ0n) is 9.80. The van der Waals surface area contributed by atoms with E-state index in [1.807, 2.05) is 36.4 Å². The van der Waals surface area contributed by atoms with Crippen LogP contribution in [-0.2, 0) is 6.42 Å². The van der Waals surface area contributed by atoms with Crippen LogP contribution in [0.5, 0.6) is 0 Å². The molecule has 1 heterocycles. The molecule has 0 radical (unpaired) electrons. The molecule has 0 aliphatic carbocycles. The van der Waals surface area contributed by atoms with Gasteiger partial charge in [0.2, 0.25) is 0 Å². The highest BCUT2D eigenvalue weighted by Crippen LogP contribution is 2.31. The third-order valence-corrected chi connectivity index (χ3v) is 4.22. The van der Waals surface area contributed by atoms with E-state index in [1.165, 1.54) is 10.3 Å². The second kappa shape index (κ2) is 4.75. The van der Waals surface area contributed by atoms with Gasteiger partial charge in [-0.15, -0.1) is 11.3 Å². The number of fused-ring (bicyclic) bond motifs is 1. The molecule has 0 spiro atoms. The minimum atomic E-state index is 0.828. The fourth-order valence-corrected chi connectivity index (χ4v) is 3.36. The van der Waals surface area contributed by atoms with E-state index in [2.05, 4.69) is 18.2 Å². The molecule has 1 nitrogen and oxygen atoms in total. The molecule has 0 saturated carbocycles. The second-order valence-corrected chi connectivity index (χ2v) is 5.35. The van der Waals surface area contributed by atoms with Crippen LogP contribution in [0.2, 0.25) is 0 Å². The first kappa shape index (κ1) is 11.2. The van der Waals surface area contributed by atoms with Gasteiger partial charge < -0.3 is 0 Å². The van der Waals surface area contributed by atoms with Gasteiger partial charge in [-0.2, -0.15) is 0 Å². The maximum atomic E-state index is 11.3. The predicted molar refractivity (Wildman–Crippen MR) is 76.5 cm³/mol. The number of hydrogen-bond donors (Lipinski definition) is 0. The molecule has 0 atom stereocenters. The van der Waals surface area contributed by atoms with Crippen molar-refractivity contribution in [3.05, 3.63) is 70.6 Å². The van der Waals surface area contributed by atoms with Crippen LogP contribution in [0.25, 0.3) is 10.1 Å². The average molecular weight is 252 g/mol. The first-order valence-electron chi connectivity index (χ1n) is 5.88. The van der Waals surface area contributed by atoms with Crippen molar-refractivity contribution in [2.45, 2.75) is 6.42 Å². The lowest BCUT2D eigenvalue weighted by Crippen LogP contribution is -1.89. The van der Waals surface area contributed by atoms with Crippen LogP contribution >= 0.6 is 11.3 Å². The van der Waals surface area contributed by atoms with Crippen molar-refractivity contribution in [3.63, 3.8) is 0 Å². The molecule has 0 aliphatic heterocycles. The summed E-state index contributed by atoms with van der Waals surface area (Å²) in [5, 5.41) is 1.07. The van der Waals surface area contributed by atoms with Crippen LogP contribution in [0.15, 0.2) is 54.6 Å². The summed E-state index contributed by atoms with van der Waals surface area (Å²) in [6.07, 6.45) is 1.81. The highest BCUT2D eigenvalue weighted by molar-refractivity contribution is 7.19. The number of carbonyl (C=O) groups excluding carboxylic acids is 1. The van der Waals surface area contributed by atoms with Gasteiger partial charge in [-0.05, 0) is 11.6 Å². The molecule has 0 fully saturated rings. The lowest BCUT2D eigenvalue weighted by atomic mass is 10.1. The molecule has 18 heavy (non-hydrogen) atoms. The smallest absolute Gasteiger partial charge is 0.151 e. The van der Waals surface area contributed by atoms with Gasteiger partial charge in [0.15, 0.2) is 6.29 Å². The highest BCUT2D eigenvalue weighted by Gasteiger charge is 2.11. The topological polar surface area (TPSA) is 17.1 Å². The Bertz CT molecular complexity index is 683.